The molecule has 0 aromatic heterocycles. The van der Waals surface area contributed by atoms with Crippen LogP contribution >= 0.6 is 0 Å². The minimum Gasteiger partial charge on any atom is -0.319 e. The van der Waals surface area contributed by atoms with Gasteiger partial charge < -0.3 is 4.90 Å². The van der Waals surface area contributed by atoms with Crippen LogP contribution in [-0.4, -0.2) is 13.0 Å². The first-order valence-electron chi connectivity index (χ1n) is 6.51. The molecule has 7 heteroatoms. The Bertz CT molecular complexity index is 886. The van der Waals surface area contributed by atoms with Crippen molar-refractivity contribution in [3.8, 4) is 0 Å². The molecule has 0 aliphatic carbocycles. The Balaban J connectivity index is 2.46. The summed E-state index contributed by atoms with van der Waals surface area (Å²) in [5.41, 5.74) is 2.86. The van der Waals surface area contributed by atoms with Gasteiger partial charge in [0.1, 0.15) is 13.1 Å². The van der Waals surface area contributed by atoms with Crippen molar-refractivity contribution in [2.24, 2.45) is 0 Å². The van der Waals surface area contributed by atoms with Gasteiger partial charge in [0, 0.05) is 17.1 Å². The van der Waals surface area contributed by atoms with Crippen LogP contribution in [0.5, 0.6) is 0 Å². The van der Waals surface area contributed by atoms with Gasteiger partial charge in [0.05, 0.1) is 10.5 Å². The Labute approximate surface area is 135 Å². The molecule has 0 atom stereocenters. The summed E-state index contributed by atoms with van der Waals surface area (Å²) in [7, 11) is -4.23. The van der Waals surface area contributed by atoms with Crippen molar-refractivity contribution < 1.29 is 13.0 Å². The molecular formula is C16H13N3O3S. The molecule has 1 aromatic carbocycles. The molecule has 0 saturated heterocycles. The van der Waals surface area contributed by atoms with Crippen molar-refractivity contribution >= 4 is 15.8 Å². The van der Waals surface area contributed by atoms with Crippen LogP contribution in [0.1, 0.15) is 13.8 Å². The molecule has 23 heavy (non-hydrogen) atoms. The highest BCUT2D eigenvalue weighted by molar-refractivity contribution is 7.85. The molecule has 1 aliphatic rings. The van der Waals surface area contributed by atoms with Gasteiger partial charge in [0.2, 0.25) is 0 Å². The van der Waals surface area contributed by atoms with E-state index < -0.39 is 10.1 Å². The minimum absolute atomic E-state index is 0.00470. The topological polar surface area (TPSA) is 66.3 Å². The van der Waals surface area contributed by atoms with E-state index in [4.69, 9.17) is 17.7 Å². The molecular weight excluding hydrogens is 314 g/mol. The molecule has 1 heterocycles. The van der Waals surface area contributed by atoms with Gasteiger partial charge in [-0.1, -0.05) is 0 Å². The van der Waals surface area contributed by atoms with Crippen molar-refractivity contribution in [3.63, 3.8) is 0 Å². The van der Waals surface area contributed by atoms with Crippen molar-refractivity contribution in [2.75, 3.05) is 4.90 Å². The highest BCUT2D eigenvalue weighted by Gasteiger charge is 2.21. The van der Waals surface area contributed by atoms with Gasteiger partial charge in [-0.3, -0.25) is 4.55 Å². The number of hydrogen-bond acceptors (Lipinski definition) is 3. The lowest BCUT2D eigenvalue weighted by molar-refractivity contribution is 0.483. The summed E-state index contributed by atoms with van der Waals surface area (Å²) in [5, 5.41) is 0. The van der Waals surface area contributed by atoms with E-state index in [0.29, 0.717) is 11.3 Å². The predicted molar refractivity (Wildman–Crippen MR) is 86.5 cm³/mol. The third-order valence-electron chi connectivity index (χ3n) is 3.30. The summed E-state index contributed by atoms with van der Waals surface area (Å²) >= 11 is 0. The van der Waals surface area contributed by atoms with Crippen LogP contribution in [0.25, 0.3) is 9.69 Å². The number of rotatable bonds is 2. The van der Waals surface area contributed by atoms with Crippen LogP contribution in [0.2, 0.25) is 0 Å². The molecule has 2 rings (SSSR count). The molecule has 0 spiro atoms. The molecule has 0 bridgehead atoms. The van der Waals surface area contributed by atoms with Gasteiger partial charge in [0.25, 0.3) is 10.1 Å². The van der Waals surface area contributed by atoms with Crippen molar-refractivity contribution in [1.29, 1.82) is 0 Å². The fraction of sp³-hybridized carbons (Fsp3) is 0.125. The van der Waals surface area contributed by atoms with E-state index in [-0.39, 0.29) is 10.7 Å². The smallest absolute Gasteiger partial charge is 0.319 e. The highest BCUT2D eigenvalue weighted by atomic mass is 32.2. The zero-order chi connectivity index (χ0) is 17.2. The lowest BCUT2D eigenvalue weighted by atomic mass is 10.1. The van der Waals surface area contributed by atoms with Crippen LogP contribution < -0.4 is 4.90 Å². The van der Waals surface area contributed by atoms with Crippen LogP contribution in [0, 0.1) is 13.1 Å². The summed E-state index contributed by atoms with van der Waals surface area (Å²) in [6.07, 6.45) is 3.46. The van der Waals surface area contributed by atoms with E-state index in [9.17, 15) is 8.42 Å². The number of allylic oxidation sites excluding steroid dienone is 5. The van der Waals surface area contributed by atoms with Crippen LogP contribution in [0.3, 0.4) is 0 Å². The van der Waals surface area contributed by atoms with Gasteiger partial charge >= 0.3 is 5.82 Å². The maximum Gasteiger partial charge on any atom is 0.526 e. The minimum atomic E-state index is -4.23. The first-order valence-corrected chi connectivity index (χ1v) is 7.95. The molecule has 0 fully saturated rings. The van der Waals surface area contributed by atoms with Gasteiger partial charge in [-0.15, -0.1) is 0 Å². The summed E-state index contributed by atoms with van der Waals surface area (Å²) in [4.78, 5) is 8.11. The van der Waals surface area contributed by atoms with Gasteiger partial charge in [-0.05, 0) is 50.3 Å². The van der Waals surface area contributed by atoms with Crippen LogP contribution in [0.4, 0.5) is 5.69 Å². The third kappa shape index (κ3) is 3.32. The Hall–Kier alpha value is -2.87. The summed E-state index contributed by atoms with van der Waals surface area (Å²) < 4.78 is 31.2. The van der Waals surface area contributed by atoms with E-state index in [1.165, 1.54) is 12.1 Å². The Morgan fingerprint density at radius 1 is 1.04 bits per heavy atom. The Kier molecular flexibility index (Phi) is 4.37. The lowest BCUT2D eigenvalue weighted by Crippen LogP contribution is -2.21. The van der Waals surface area contributed by atoms with E-state index in [2.05, 4.69) is 9.69 Å². The van der Waals surface area contributed by atoms with Crippen LogP contribution in [0.15, 0.2) is 64.1 Å². The zero-order valence-electron chi connectivity index (χ0n) is 12.5. The number of hydrogen-bond donors (Lipinski definition) is 1. The van der Waals surface area contributed by atoms with Crippen molar-refractivity contribution in [2.45, 2.75) is 18.7 Å². The average molecular weight is 327 g/mol. The fourth-order valence-corrected chi connectivity index (χ4v) is 2.84. The van der Waals surface area contributed by atoms with E-state index in [1.54, 1.807) is 24.3 Å². The van der Waals surface area contributed by atoms with Gasteiger partial charge in [-0.25, -0.2) is 0 Å². The first kappa shape index (κ1) is 16.5. The normalized spacial score (nSPS) is 14.5. The van der Waals surface area contributed by atoms with E-state index in [0.717, 1.165) is 11.4 Å². The molecule has 0 unspecified atom stereocenters. The maximum absolute atomic E-state index is 11.1. The van der Waals surface area contributed by atoms with E-state index in [1.807, 2.05) is 18.7 Å². The second kappa shape index (κ2) is 6.09. The molecule has 1 aromatic rings. The molecule has 0 radical (unpaired) electrons. The van der Waals surface area contributed by atoms with Gasteiger partial charge in [-0.2, -0.15) is 18.1 Å². The molecule has 116 valence electrons. The summed E-state index contributed by atoms with van der Waals surface area (Å²) in [6, 6.07) is 5.80. The Morgan fingerprint density at radius 3 is 1.91 bits per heavy atom. The standard InChI is InChI=1S/C16H13N3O3S/c1-11-9-13(16(17-3)18-4)10-12(2)19(11)14-5-7-15(8-6-14)23(20,21)22/h5-10H,1-2H3,(H,20,21,22). The fourth-order valence-electron chi connectivity index (χ4n) is 2.36. The molecule has 0 saturated carbocycles. The third-order valence-corrected chi connectivity index (χ3v) is 4.16. The summed E-state index contributed by atoms with van der Waals surface area (Å²) in [6.45, 7) is 17.7. The van der Waals surface area contributed by atoms with Crippen molar-refractivity contribution in [1.82, 2.24) is 0 Å². The first-order chi connectivity index (χ1) is 10.8. The second-order valence-corrected chi connectivity index (χ2v) is 6.30. The molecule has 6 nitrogen and oxygen atoms in total. The largest absolute Gasteiger partial charge is 0.526 e. The van der Waals surface area contributed by atoms with E-state index >= 15 is 0 Å². The van der Waals surface area contributed by atoms with Crippen molar-refractivity contribution in [3.05, 3.63) is 82.0 Å². The maximum atomic E-state index is 11.1. The number of nitrogens with zero attached hydrogens (tertiary/aromatic N) is 3. The molecule has 1 aliphatic heterocycles. The van der Waals surface area contributed by atoms with Gasteiger partial charge in [0.15, 0.2) is 0 Å². The summed E-state index contributed by atoms with van der Waals surface area (Å²) in [5.74, 6) is 0.00470. The molecule has 0 amide bonds. The quantitative estimate of drug-likeness (QED) is 0.665. The Morgan fingerprint density at radius 2 is 1.52 bits per heavy atom. The average Bonchev–Trinajstić information content (AvgIpc) is 2.47. The van der Waals surface area contributed by atoms with Crippen LogP contribution in [-0.2, 0) is 10.1 Å². The SMILES string of the molecule is [C-]#[N+]C([N+]#[C-])=C1C=C(C)N(c2ccc(S(=O)(=O)O)cc2)C(C)=C1. The zero-order valence-corrected chi connectivity index (χ0v) is 13.3. The predicted octanol–water partition coefficient (Wildman–Crippen LogP) is 3.61. The lowest BCUT2D eigenvalue weighted by Gasteiger charge is -2.29. The number of anilines is 1. The monoisotopic (exact) mass is 327 g/mol. The number of benzene rings is 1. The second-order valence-electron chi connectivity index (χ2n) is 4.88. The highest BCUT2D eigenvalue weighted by Crippen LogP contribution is 2.31. The molecule has 1 N–H and O–H groups in total.